The molecule has 22 heavy (non-hydrogen) atoms. The summed E-state index contributed by atoms with van der Waals surface area (Å²) < 4.78 is 5.39. The van der Waals surface area contributed by atoms with Crippen LogP contribution in [0.1, 0.15) is 78.6 Å². The molecule has 128 valence electrons. The Kier molecular flexibility index (Phi) is 12.5. The van der Waals surface area contributed by atoms with Gasteiger partial charge in [0.15, 0.2) is 0 Å². The molecule has 1 N–H and O–H groups in total. The second-order valence-corrected chi connectivity index (χ2v) is 6.26. The van der Waals surface area contributed by atoms with Crippen molar-refractivity contribution in [2.75, 3.05) is 0 Å². The minimum absolute atomic E-state index is 0.0865. The van der Waals surface area contributed by atoms with E-state index >= 15 is 0 Å². The molecule has 0 saturated carbocycles. The van der Waals surface area contributed by atoms with Gasteiger partial charge < -0.3 is 9.84 Å². The van der Waals surface area contributed by atoms with Crippen molar-refractivity contribution in [3.8, 4) is 0 Å². The summed E-state index contributed by atoms with van der Waals surface area (Å²) in [7, 11) is 0. The monoisotopic (exact) mass is 312 g/mol. The highest BCUT2D eigenvalue weighted by molar-refractivity contribution is 5.90. The van der Waals surface area contributed by atoms with Gasteiger partial charge in [0.05, 0.1) is 0 Å². The fourth-order valence-electron chi connectivity index (χ4n) is 2.33. The van der Waals surface area contributed by atoms with Crippen LogP contribution in [0, 0.1) is 5.92 Å². The largest absolute Gasteiger partial charge is 0.478 e. The zero-order valence-corrected chi connectivity index (χ0v) is 14.3. The third-order valence-electron chi connectivity index (χ3n) is 3.58. The fraction of sp³-hybridized carbons (Fsp3) is 0.778. The quantitative estimate of drug-likeness (QED) is 0.303. The van der Waals surface area contributed by atoms with Gasteiger partial charge in [0, 0.05) is 12.2 Å². The molecule has 1 unspecified atom stereocenters. The Morgan fingerprint density at radius 3 is 2.09 bits per heavy atom. The number of carboxylic acid groups (broad SMARTS) is 1. The lowest BCUT2D eigenvalue weighted by atomic mass is 10.0. The molecule has 0 saturated heterocycles. The number of carbonyl (C=O) groups is 2. The molecule has 0 aromatic rings. The van der Waals surface area contributed by atoms with Crippen LogP contribution < -0.4 is 0 Å². The molecule has 0 fully saturated rings. The molecule has 0 aromatic carbocycles. The zero-order valence-electron chi connectivity index (χ0n) is 14.3. The van der Waals surface area contributed by atoms with Crippen molar-refractivity contribution in [2.45, 2.75) is 84.7 Å². The molecule has 4 heteroatoms. The second kappa shape index (κ2) is 13.4. The van der Waals surface area contributed by atoms with Crippen LogP contribution in [0.2, 0.25) is 0 Å². The zero-order chi connectivity index (χ0) is 16.8. The third-order valence-corrected chi connectivity index (χ3v) is 3.58. The number of ether oxygens (including phenoxy) is 1. The van der Waals surface area contributed by atoms with E-state index in [9.17, 15) is 9.59 Å². The van der Waals surface area contributed by atoms with E-state index in [1.54, 1.807) is 0 Å². The maximum Gasteiger partial charge on any atom is 0.331 e. The van der Waals surface area contributed by atoms with Crippen molar-refractivity contribution in [1.29, 1.82) is 0 Å². The van der Waals surface area contributed by atoms with Gasteiger partial charge in [-0.05, 0) is 31.6 Å². The number of rotatable bonds is 13. The number of carboxylic acids is 1. The number of unbranched alkanes of at least 4 members (excludes halogenated alkanes) is 4. The summed E-state index contributed by atoms with van der Waals surface area (Å²) in [6.45, 7) is 6.59. The highest BCUT2D eigenvalue weighted by Crippen LogP contribution is 2.16. The summed E-state index contributed by atoms with van der Waals surface area (Å²) in [6.07, 6.45) is 11.4. The first-order valence-corrected chi connectivity index (χ1v) is 8.57. The lowest BCUT2D eigenvalue weighted by molar-refractivity contribution is -0.144. The number of carbonyl (C=O) groups excluding carboxylic acids is 1. The molecule has 1 atom stereocenters. The normalized spacial score (nSPS) is 12.7. The van der Waals surface area contributed by atoms with E-state index < -0.39 is 11.9 Å². The molecule has 0 amide bonds. The predicted molar refractivity (Wildman–Crippen MR) is 88.7 cm³/mol. The van der Waals surface area contributed by atoms with Crippen molar-refractivity contribution >= 4 is 11.9 Å². The van der Waals surface area contributed by atoms with E-state index in [1.807, 2.05) is 0 Å². The van der Waals surface area contributed by atoms with Gasteiger partial charge in [-0.3, -0.25) is 0 Å². The lowest BCUT2D eigenvalue weighted by Crippen LogP contribution is -2.17. The second-order valence-electron chi connectivity index (χ2n) is 6.26. The molecule has 0 heterocycles. The first-order valence-electron chi connectivity index (χ1n) is 8.57. The maximum absolute atomic E-state index is 11.6. The number of aliphatic carboxylic acids is 1. The minimum Gasteiger partial charge on any atom is -0.478 e. The molecule has 0 radical (unpaired) electrons. The molecule has 0 aliphatic heterocycles. The predicted octanol–water partition coefficient (Wildman–Crippen LogP) is 4.73. The SMILES string of the molecule is CCCCCC(CCCCCC(C)C)OC(=O)C=CC(=O)O. The number of hydrogen-bond donors (Lipinski definition) is 1. The highest BCUT2D eigenvalue weighted by atomic mass is 16.5. The van der Waals surface area contributed by atoms with E-state index in [4.69, 9.17) is 9.84 Å². The molecule has 0 bridgehead atoms. The topological polar surface area (TPSA) is 63.6 Å². The van der Waals surface area contributed by atoms with E-state index in [-0.39, 0.29) is 6.10 Å². The van der Waals surface area contributed by atoms with Crippen molar-refractivity contribution < 1.29 is 19.4 Å². The molecule has 4 nitrogen and oxygen atoms in total. The van der Waals surface area contributed by atoms with Gasteiger partial charge in [-0.1, -0.05) is 52.9 Å². The van der Waals surface area contributed by atoms with E-state index in [2.05, 4.69) is 20.8 Å². The summed E-state index contributed by atoms with van der Waals surface area (Å²) in [4.78, 5) is 22.0. The molecular weight excluding hydrogens is 280 g/mol. The molecule has 0 aliphatic carbocycles. The van der Waals surface area contributed by atoms with Crippen LogP contribution in [0.25, 0.3) is 0 Å². The Morgan fingerprint density at radius 1 is 0.955 bits per heavy atom. The highest BCUT2D eigenvalue weighted by Gasteiger charge is 2.12. The van der Waals surface area contributed by atoms with Crippen molar-refractivity contribution in [2.24, 2.45) is 5.92 Å². The Balaban J connectivity index is 4.13. The standard InChI is InChI=1S/C18H32O4/c1-4-5-7-11-16(12-9-6-8-10-15(2)3)22-18(21)14-13-17(19)20/h13-16H,4-12H2,1-3H3,(H,19,20). The van der Waals surface area contributed by atoms with Gasteiger partial charge in [-0.25, -0.2) is 9.59 Å². The number of hydrogen-bond acceptors (Lipinski definition) is 3. The lowest BCUT2D eigenvalue weighted by Gasteiger charge is -2.17. The van der Waals surface area contributed by atoms with Crippen LogP contribution in [0.5, 0.6) is 0 Å². The van der Waals surface area contributed by atoms with Gasteiger partial charge in [-0.2, -0.15) is 0 Å². The third kappa shape index (κ3) is 13.7. The van der Waals surface area contributed by atoms with Crippen molar-refractivity contribution in [1.82, 2.24) is 0 Å². The van der Waals surface area contributed by atoms with Crippen LogP contribution in [0.4, 0.5) is 0 Å². The van der Waals surface area contributed by atoms with Crippen LogP contribution >= 0.6 is 0 Å². The van der Waals surface area contributed by atoms with Gasteiger partial charge >= 0.3 is 11.9 Å². The average Bonchev–Trinajstić information content (AvgIpc) is 2.44. The molecule has 0 spiro atoms. The summed E-state index contributed by atoms with van der Waals surface area (Å²) in [5.41, 5.74) is 0. The van der Waals surface area contributed by atoms with Gasteiger partial charge in [0.2, 0.25) is 0 Å². The van der Waals surface area contributed by atoms with E-state index in [0.29, 0.717) is 0 Å². The van der Waals surface area contributed by atoms with Crippen LogP contribution in [-0.4, -0.2) is 23.1 Å². The maximum atomic E-state index is 11.6. The first kappa shape index (κ1) is 20.7. The van der Waals surface area contributed by atoms with Crippen molar-refractivity contribution in [3.05, 3.63) is 12.2 Å². The van der Waals surface area contributed by atoms with E-state index in [1.165, 1.54) is 12.8 Å². The molecule has 0 aliphatic rings. The molecule has 0 rings (SSSR count). The minimum atomic E-state index is -1.13. The summed E-state index contributed by atoms with van der Waals surface area (Å²) in [5, 5.41) is 8.52. The van der Waals surface area contributed by atoms with E-state index in [0.717, 1.165) is 63.0 Å². The van der Waals surface area contributed by atoms with Crippen LogP contribution in [0.3, 0.4) is 0 Å². The first-order chi connectivity index (χ1) is 10.5. The smallest absolute Gasteiger partial charge is 0.331 e. The average molecular weight is 312 g/mol. The Labute approximate surface area is 134 Å². The van der Waals surface area contributed by atoms with Crippen LogP contribution in [0.15, 0.2) is 12.2 Å². The van der Waals surface area contributed by atoms with Gasteiger partial charge in [0.25, 0.3) is 0 Å². The van der Waals surface area contributed by atoms with Gasteiger partial charge in [-0.15, -0.1) is 0 Å². The van der Waals surface area contributed by atoms with Crippen LogP contribution in [-0.2, 0) is 14.3 Å². The van der Waals surface area contributed by atoms with Crippen molar-refractivity contribution in [3.63, 3.8) is 0 Å². The summed E-state index contributed by atoms with van der Waals surface area (Å²) in [5.74, 6) is -0.946. The Morgan fingerprint density at radius 2 is 1.55 bits per heavy atom. The fourth-order valence-corrected chi connectivity index (χ4v) is 2.33. The number of esters is 1. The molecule has 0 aromatic heterocycles. The van der Waals surface area contributed by atoms with Gasteiger partial charge in [0.1, 0.15) is 6.10 Å². The Bertz CT molecular complexity index is 334. The molecular formula is C18H32O4. The summed E-state index contributed by atoms with van der Waals surface area (Å²) >= 11 is 0. The summed E-state index contributed by atoms with van der Waals surface area (Å²) in [6, 6.07) is 0. The Hall–Kier alpha value is -1.32.